The molecule has 146 valence electrons. The molecule has 2 aromatic rings. The highest BCUT2D eigenvalue weighted by atomic mass is 127. The van der Waals surface area contributed by atoms with Gasteiger partial charge in [-0.1, -0.05) is 42.5 Å². The second-order valence-corrected chi connectivity index (χ2v) is 5.82. The van der Waals surface area contributed by atoms with E-state index >= 15 is 0 Å². The number of hydrogen-bond donors (Lipinski definition) is 3. The number of carbonyl (C=O) groups is 1. The molecule has 0 atom stereocenters. The minimum atomic E-state index is -0.230. The topological polar surface area (TPSA) is 65.5 Å². The van der Waals surface area contributed by atoms with Gasteiger partial charge in [0, 0.05) is 33.1 Å². The summed E-state index contributed by atoms with van der Waals surface area (Å²) in [6.45, 7) is 1.64. The molecule has 3 N–H and O–H groups in total. The van der Waals surface area contributed by atoms with Crippen LogP contribution < -0.4 is 16.0 Å². The monoisotopic (exact) mass is 484 g/mol. The second kappa shape index (κ2) is 13.1. The number of amides is 1. The van der Waals surface area contributed by atoms with E-state index < -0.39 is 0 Å². The molecule has 27 heavy (non-hydrogen) atoms. The first-order valence-corrected chi connectivity index (χ1v) is 8.67. The lowest BCUT2D eigenvalue weighted by molar-refractivity contribution is -0.121. The van der Waals surface area contributed by atoms with Crippen LogP contribution in [0.25, 0.3) is 0 Å². The van der Waals surface area contributed by atoms with Crippen molar-refractivity contribution in [1.29, 1.82) is 0 Å². The van der Waals surface area contributed by atoms with Crippen molar-refractivity contribution in [2.45, 2.75) is 19.4 Å². The van der Waals surface area contributed by atoms with E-state index in [2.05, 4.69) is 20.9 Å². The maximum absolute atomic E-state index is 13.1. The molecule has 0 bridgehead atoms. The third-order valence-electron chi connectivity index (χ3n) is 3.80. The molecule has 0 aliphatic rings. The van der Waals surface area contributed by atoms with Crippen LogP contribution in [0.1, 0.15) is 17.5 Å². The average Bonchev–Trinajstić information content (AvgIpc) is 2.66. The van der Waals surface area contributed by atoms with Crippen LogP contribution in [-0.2, 0) is 17.8 Å². The summed E-state index contributed by atoms with van der Waals surface area (Å²) >= 11 is 0. The Morgan fingerprint density at radius 1 is 0.963 bits per heavy atom. The van der Waals surface area contributed by atoms with Crippen LogP contribution in [-0.4, -0.2) is 32.0 Å². The predicted molar refractivity (Wildman–Crippen MR) is 118 cm³/mol. The summed E-state index contributed by atoms with van der Waals surface area (Å²) in [4.78, 5) is 16.0. The zero-order chi connectivity index (χ0) is 18.6. The van der Waals surface area contributed by atoms with Crippen molar-refractivity contribution < 1.29 is 9.18 Å². The summed E-state index contributed by atoms with van der Waals surface area (Å²) in [6.07, 6.45) is 1.05. The average molecular weight is 484 g/mol. The van der Waals surface area contributed by atoms with Crippen molar-refractivity contribution in [2.75, 3.05) is 20.1 Å². The number of nitrogens with zero attached hydrogens (tertiary/aromatic N) is 1. The molecule has 2 aromatic carbocycles. The molecule has 5 nitrogen and oxygen atoms in total. The number of nitrogens with one attached hydrogen (secondary N) is 3. The molecule has 2 rings (SSSR count). The van der Waals surface area contributed by atoms with Crippen molar-refractivity contribution >= 4 is 35.8 Å². The number of rotatable bonds is 8. The molecule has 0 spiro atoms. The summed E-state index contributed by atoms with van der Waals surface area (Å²) in [6, 6.07) is 16.3. The summed E-state index contributed by atoms with van der Waals surface area (Å²) in [5, 5.41) is 9.14. The SMILES string of the molecule is CN=C(NCCC(=O)NCc1ccccc1)NCCc1cccc(F)c1.I. The molecule has 1 amide bonds. The highest BCUT2D eigenvalue weighted by molar-refractivity contribution is 14.0. The Morgan fingerprint density at radius 2 is 1.67 bits per heavy atom. The van der Waals surface area contributed by atoms with Gasteiger partial charge in [-0.3, -0.25) is 9.79 Å². The number of benzene rings is 2. The van der Waals surface area contributed by atoms with E-state index in [1.165, 1.54) is 12.1 Å². The maximum atomic E-state index is 13.1. The molecule has 0 saturated heterocycles. The molecule has 0 heterocycles. The molecule has 0 aromatic heterocycles. The third-order valence-corrected chi connectivity index (χ3v) is 3.80. The lowest BCUT2D eigenvalue weighted by Gasteiger charge is -2.12. The van der Waals surface area contributed by atoms with E-state index in [4.69, 9.17) is 0 Å². The summed E-state index contributed by atoms with van der Waals surface area (Å²) < 4.78 is 13.1. The van der Waals surface area contributed by atoms with Crippen LogP contribution in [0.15, 0.2) is 59.6 Å². The fourth-order valence-electron chi connectivity index (χ4n) is 2.42. The molecule has 0 unspecified atom stereocenters. The number of guanidine groups is 1. The first-order chi connectivity index (χ1) is 12.7. The van der Waals surface area contributed by atoms with Gasteiger partial charge in [0.2, 0.25) is 5.91 Å². The van der Waals surface area contributed by atoms with Gasteiger partial charge in [0.05, 0.1) is 0 Å². The minimum absolute atomic E-state index is 0. The van der Waals surface area contributed by atoms with Crippen LogP contribution in [0, 0.1) is 5.82 Å². The molecule has 0 fully saturated rings. The highest BCUT2D eigenvalue weighted by Gasteiger charge is 2.03. The van der Waals surface area contributed by atoms with E-state index in [1.807, 2.05) is 36.4 Å². The zero-order valence-corrected chi connectivity index (χ0v) is 17.7. The van der Waals surface area contributed by atoms with E-state index in [1.54, 1.807) is 13.1 Å². The Hall–Kier alpha value is -2.16. The first kappa shape index (κ1) is 22.9. The van der Waals surface area contributed by atoms with Gasteiger partial charge < -0.3 is 16.0 Å². The van der Waals surface area contributed by atoms with E-state index in [9.17, 15) is 9.18 Å². The van der Waals surface area contributed by atoms with Crippen molar-refractivity contribution in [3.8, 4) is 0 Å². The fraction of sp³-hybridized carbons (Fsp3) is 0.300. The summed E-state index contributed by atoms with van der Waals surface area (Å²) in [5.74, 6) is 0.375. The Kier molecular flexibility index (Phi) is 11.1. The third kappa shape index (κ3) is 9.37. The lowest BCUT2D eigenvalue weighted by atomic mass is 10.1. The number of aliphatic imine (C=N–C) groups is 1. The van der Waals surface area contributed by atoms with Crippen LogP contribution >= 0.6 is 24.0 Å². The van der Waals surface area contributed by atoms with Crippen LogP contribution in [0.5, 0.6) is 0 Å². The van der Waals surface area contributed by atoms with Gasteiger partial charge in [-0.25, -0.2) is 4.39 Å². The molecular formula is C20H26FIN4O. The Labute approximate surface area is 176 Å². The number of carbonyl (C=O) groups excluding carboxylic acids is 1. The zero-order valence-electron chi connectivity index (χ0n) is 15.4. The van der Waals surface area contributed by atoms with Gasteiger partial charge in [-0.2, -0.15) is 0 Å². The molecular weight excluding hydrogens is 458 g/mol. The van der Waals surface area contributed by atoms with E-state index in [-0.39, 0.29) is 35.7 Å². The van der Waals surface area contributed by atoms with Crippen molar-refractivity contribution in [3.05, 3.63) is 71.5 Å². The molecule has 0 aliphatic heterocycles. The molecule has 0 radical (unpaired) electrons. The van der Waals surface area contributed by atoms with Crippen LogP contribution in [0.2, 0.25) is 0 Å². The molecule has 0 saturated carbocycles. The Morgan fingerprint density at radius 3 is 2.37 bits per heavy atom. The van der Waals surface area contributed by atoms with Gasteiger partial charge in [-0.15, -0.1) is 24.0 Å². The fourth-order valence-corrected chi connectivity index (χ4v) is 2.42. The van der Waals surface area contributed by atoms with Crippen LogP contribution in [0.4, 0.5) is 4.39 Å². The van der Waals surface area contributed by atoms with Crippen molar-refractivity contribution in [3.63, 3.8) is 0 Å². The predicted octanol–water partition coefficient (Wildman–Crippen LogP) is 2.86. The Bertz CT molecular complexity index is 725. The van der Waals surface area contributed by atoms with Crippen molar-refractivity contribution in [1.82, 2.24) is 16.0 Å². The number of halogens is 2. The van der Waals surface area contributed by atoms with Gasteiger partial charge in [0.15, 0.2) is 5.96 Å². The van der Waals surface area contributed by atoms with Gasteiger partial charge in [0.1, 0.15) is 5.82 Å². The Balaban J connectivity index is 0.00000364. The largest absolute Gasteiger partial charge is 0.356 e. The molecule has 0 aliphatic carbocycles. The smallest absolute Gasteiger partial charge is 0.222 e. The van der Waals surface area contributed by atoms with Gasteiger partial charge >= 0.3 is 0 Å². The molecule has 7 heteroatoms. The summed E-state index contributed by atoms with van der Waals surface area (Å²) in [7, 11) is 1.67. The quantitative estimate of drug-likeness (QED) is 0.307. The standard InChI is InChI=1S/C20H25FN4O.HI/c1-22-20(23-12-10-16-8-5-9-18(21)14-16)24-13-11-19(26)25-15-17-6-3-2-4-7-17;/h2-9,14H,10-13,15H2,1H3,(H,25,26)(H2,22,23,24);1H. The normalized spacial score (nSPS) is 10.7. The second-order valence-electron chi connectivity index (χ2n) is 5.82. The first-order valence-electron chi connectivity index (χ1n) is 8.67. The maximum Gasteiger partial charge on any atom is 0.222 e. The number of hydrogen-bond acceptors (Lipinski definition) is 2. The van der Waals surface area contributed by atoms with E-state index in [0.717, 1.165) is 11.1 Å². The van der Waals surface area contributed by atoms with Crippen LogP contribution in [0.3, 0.4) is 0 Å². The van der Waals surface area contributed by atoms with E-state index in [0.29, 0.717) is 38.4 Å². The minimum Gasteiger partial charge on any atom is -0.356 e. The van der Waals surface area contributed by atoms with Gasteiger partial charge in [-0.05, 0) is 29.7 Å². The van der Waals surface area contributed by atoms with Crippen molar-refractivity contribution in [2.24, 2.45) is 4.99 Å². The van der Waals surface area contributed by atoms with Gasteiger partial charge in [0.25, 0.3) is 0 Å². The lowest BCUT2D eigenvalue weighted by Crippen LogP contribution is -2.40. The highest BCUT2D eigenvalue weighted by Crippen LogP contribution is 2.03. The summed E-state index contributed by atoms with van der Waals surface area (Å²) in [5.41, 5.74) is 2.00.